The van der Waals surface area contributed by atoms with Crippen LogP contribution in [0.2, 0.25) is 16.9 Å². The molecular formula is C15H11BCl2N3. The molecule has 103 valence electrons. The summed E-state index contributed by atoms with van der Waals surface area (Å²) in [6.07, 6.45) is 3.53. The van der Waals surface area contributed by atoms with E-state index in [1.54, 1.807) is 24.5 Å². The second kappa shape index (κ2) is 5.92. The first kappa shape index (κ1) is 14.2. The van der Waals surface area contributed by atoms with Crippen LogP contribution in [0.4, 0.5) is 0 Å². The highest BCUT2D eigenvalue weighted by atomic mass is 35.5. The number of rotatable bonds is 3. The van der Waals surface area contributed by atoms with Crippen LogP contribution in [0.3, 0.4) is 0 Å². The molecule has 0 amide bonds. The highest BCUT2D eigenvalue weighted by Crippen LogP contribution is 2.24. The zero-order valence-electron chi connectivity index (χ0n) is 11.3. The molecule has 0 saturated carbocycles. The maximum atomic E-state index is 6.09. The number of pyridine rings is 1. The molecule has 3 rings (SSSR count). The Balaban J connectivity index is 2.10. The van der Waals surface area contributed by atoms with E-state index in [2.05, 4.69) is 10.1 Å². The molecular weight excluding hydrogens is 304 g/mol. The van der Waals surface area contributed by atoms with E-state index in [-0.39, 0.29) is 0 Å². The van der Waals surface area contributed by atoms with Gasteiger partial charge in [0.2, 0.25) is 0 Å². The van der Waals surface area contributed by atoms with Crippen molar-refractivity contribution in [2.45, 2.75) is 6.82 Å². The van der Waals surface area contributed by atoms with Crippen LogP contribution in [-0.4, -0.2) is 22.0 Å². The van der Waals surface area contributed by atoms with Gasteiger partial charge in [0.25, 0.3) is 0 Å². The van der Waals surface area contributed by atoms with Crippen LogP contribution < -0.4 is 5.59 Å². The van der Waals surface area contributed by atoms with Gasteiger partial charge in [-0.25, -0.2) is 4.68 Å². The standard InChI is InChI=1S/C15H11BCl2N3/c1-16-15-8-14(10-3-2-6-19-9-10)20-21(15)11-4-5-12(17)13(18)7-11/h2-9H,1H3. The zero-order valence-corrected chi connectivity index (χ0v) is 12.8. The monoisotopic (exact) mass is 314 g/mol. The maximum Gasteiger partial charge on any atom is 0.174 e. The summed E-state index contributed by atoms with van der Waals surface area (Å²) < 4.78 is 1.84. The quantitative estimate of drug-likeness (QED) is 0.691. The molecule has 0 bridgehead atoms. The minimum Gasteiger partial charge on any atom is -0.264 e. The summed E-state index contributed by atoms with van der Waals surface area (Å²) in [5.41, 5.74) is 3.68. The first-order valence-corrected chi connectivity index (χ1v) is 7.20. The molecule has 1 radical (unpaired) electrons. The number of aromatic nitrogens is 3. The summed E-state index contributed by atoms with van der Waals surface area (Å²) in [5.74, 6) is 0. The van der Waals surface area contributed by atoms with Crippen LogP contribution in [0, 0.1) is 0 Å². The highest BCUT2D eigenvalue weighted by Gasteiger charge is 2.11. The van der Waals surface area contributed by atoms with Crippen molar-refractivity contribution in [2.24, 2.45) is 0 Å². The molecule has 0 aliphatic rings. The first-order chi connectivity index (χ1) is 10.2. The lowest BCUT2D eigenvalue weighted by Crippen LogP contribution is -2.21. The lowest BCUT2D eigenvalue weighted by atomic mass is 9.77. The largest absolute Gasteiger partial charge is 0.264 e. The third-order valence-corrected chi connectivity index (χ3v) is 3.88. The second-order valence-electron chi connectivity index (χ2n) is 4.50. The molecule has 3 aromatic rings. The average molecular weight is 315 g/mol. The molecule has 0 N–H and O–H groups in total. The minimum absolute atomic E-state index is 0.509. The predicted octanol–water partition coefficient (Wildman–Crippen LogP) is 3.62. The number of halogens is 2. The third kappa shape index (κ3) is 2.82. The van der Waals surface area contributed by atoms with Gasteiger partial charge in [-0.3, -0.25) is 4.98 Å². The zero-order chi connectivity index (χ0) is 14.8. The molecule has 2 aromatic heterocycles. The van der Waals surface area contributed by atoms with E-state index in [1.165, 1.54) is 0 Å². The molecule has 21 heavy (non-hydrogen) atoms. The fourth-order valence-electron chi connectivity index (χ4n) is 2.08. The van der Waals surface area contributed by atoms with Crippen molar-refractivity contribution in [1.29, 1.82) is 0 Å². The van der Waals surface area contributed by atoms with Crippen molar-refractivity contribution in [3.63, 3.8) is 0 Å². The molecule has 1 aromatic carbocycles. The fourth-order valence-corrected chi connectivity index (χ4v) is 2.37. The molecule has 3 nitrogen and oxygen atoms in total. The van der Waals surface area contributed by atoms with E-state index in [1.807, 2.05) is 43.0 Å². The van der Waals surface area contributed by atoms with Crippen LogP contribution in [0.15, 0.2) is 48.8 Å². The Morgan fingerprint density at radius 1 is 1.10 bits per heavy atom. The van der Waals surface area contributed by atoms with Gasteiger partial charge in [0.1, 0.15) is 0 Å². The van der Waals surface area contributed by atoms with Gasteiger partial charge in [0.15, 0.2) is 7.28 Å². The SMILES string of the molecule is C[B]c1cc(-c2cccnc2)nn1-c1ccc(Cl)c(Cl)c1. The summed E-state index contributed by atoms with van der Waals surface area (Å²) in [4.78, 5) is 4.13. The lowest BCUT2D eigenvalue weighted by Gasteiger charge is -2.07. The van der Waals surface area contributed by atoms with Crippen LogP contribution in [0.1, 0.15) is 0 Å². The number of hydrogen-bond acceptors (Lipinski definition) is 2. The smallest absolute Gasteiger partial charge is 0.174 e. The van der Waals surface area contributed by atoms with Gasteiger partial charge in [-0.15, -0.1) is 0 Å². The Kier molecular flexibility index (Phi) is 4.00. The summed E-state index contributed by atoms with van der Waals surface area (Å²) in [7, 11) is 2.00. The van der Waals surface area contributed by atoms with Gasteiger partial charge in [0, 0.05) is 23.6 Å². The second-order valence-corrected chi connectivity index (χ2v) is 5.31. The van der Waals surface area contributed by atoms with Crippen molar-refractivity contribution in [3.05, 3.63) is 58.8 Å². The van der Waals surface area contributed by atoms with Crippen molar-refractivity contribution in [3.8, 4) is 16.9 Å². The Bertz CT molecular complexity index is 772. The van der Waals surface area contributed by atoms with Gasteiger partial charge >= 0.3 is 0 Å². The molecule has 0 spiro atoms. The average Bonchev–Trinajstić information content (AvgIpc) is 2.95. The molecule has 0 fully saturated rings. The van der Waals surface area contributed by atoms with E-state index >= 15 is 0 Å². The predicted molar refractivity (Wildman–Crippen MR) is 88.1 cm³/mol. The van der Waals surface area contributed by atoms with Crippen LogP contribution >= 0.6 is 23.2 Å². The number of nitrogens with zero attached hydrogens (tertiary/aromatic N) is 3. The normalized spacial score (nSPS) is 10.6. The van der Waals surface area contributed by atoms with Gasteiger partial charge in [-0.1, -0.05) is 30.0 Å². The first-order valence-electron chi connectivity index (χ1n) is 6.44. The summed E-state index contributed by atoms with van der Waals surface area (Å²) in [6, 6.07) is 11.3. The van der Waals surface area contributed by atoms with Crippen molar-refractivity contribution >= 4 is 36.1 Å². The third-order valence-electron chi connectivity index (χ3n) is 3.14. The number of hydrogen-bond donors (Lipinski definition) is 0. The van der Waals surface area contributed by atoms with Gasteiger partial charge in [-0.2, -0.15) is 5.10 Å². The summed E-state index contributed by atoms with van der Waals surface area (Å²) in [5, 5.41) is 5.67. The topological polar surface area (TPSA) is 30.7 Å². The van der Waals surface area contributed by atoms with E-state index < -0.39 is 0 Å². The van der Waals surface area contributed by atoms with Gasteiger partial charge < -0.3 is 0 Å². The van der Waals surface area contributed by atoms with Crippen molar-refractivity contribution < 1.29 is 0 Å². The van der Waals surface area contributed by atoms with E-state index in [9.17, 15) is 0 Å². The van der Waals surface area contributed by atoms with E-state index in [0.717, 1.165) is 22.5 Å². The molecule has 2 heterocycles. The molecule has 0 aliphatic carbocycles. The minimum atomic E-state index is 0.509. The Hall–Kier alpha value is -1.78. The maximum absolute atomic E-state index is 6.09. The van der Waals surface area contributed by atoms with Crippen molar-refractivity contribution in [1.82, 2.24) is 14.8 Å². The molecule has 0 unspecified atom stereocenters. The molecule has 0 aliphatic heterocycles. The molecule has 0 atom stereocenters. The Morgan fingerprint density at radius 2 is 1.95 bits per heavy atom. The molecule has 0 saturated heterocycles. The van der Waals surface area contributed by atoms with Gasteiger partial charge in [0.05, 0.1) is 21.4 Å². The highest BCUT2D eigenvalue weighted by molar-refractivity contribution is 6.51. The number of benzene rings is 1. The van der Waals surface area contributed by atoms with Gasteiger partial charge in [-0.05, 0) is 36.4 Å². The summed E-state index contributed by atoms with van der Waals surface area (Å²) >= 11 is 12.1. The Labute approximate surface area is 133 Å². The van der Waals surface area contributed by atoms with Crippen LogP contribution in [0.25, 0.3) is 16.9 Å². The van der Waals surface area contributed by atoms with Crippen LogP contribution in [-0.2, 0) is 0 Å². The van der Waals surface area contributed by atoms with Crippen LogP contribution in [0.5, 0.6) is 0 Å². The van der Waals surface area contributed by atoms with E-state index in [4.69, 9.17) is 23.2 Å². The van der Waals surface area contributed by atoms with E-state index in [0.29, 0.717) is 10.0 Å². The Morgan fingerprint density at radius 3 is 2.62 bits per heavy atom. The van der Waals surface area contributed by atoms with Crippen molar-refractivity contribution in [2.75, 3.05) is 0 Å². The molecule has 6 heteroatoms. The fraction of sp³-hybridized carbons (Fsp3) is 0.0667. The summed E-state index contributed by atoms with van der Waals surface area (Å²) in [6.45, 7) is 1.97. The lowest BCUT2D eigenvalue weighted by molar-refractivity contribution is 0.906.